The highest BCUT2D eigenvalue weighted by molar-refractivity contribution is 7.99. The molecule has 1 unspecified atom stereocenters. The van der Waals surface area contributed by atoms with Crippen LogP contribution in [0.4, 0.5) is 5.82 Å². The van der Waals surface area contributed by atoms with Gasteiger partial charge >= 0.3 is 0 Å². The van der Waals surface area contributed by atoms with E-state index in [4.69, 9.17) is 9.97 Å². The summed E-state index contributed by atoms with van der Waals surface area (Å²) in [5.74, 6) is 3.09. The van der Waals surface area contributed by atoms with Crippen LogP contribution in [0, 0.1) is 0 Å². The first-order valence-electron chi connectivity index (χ1n) is 7.49. The first kappa shape index (κ1) is 14.4. The van der Waals surface area contributed by atoms with E-state index in [0.29, 0.717) is 5.25 Å². The van der Waals surface area contributed by atoms with E-state index in [-0.39, 0.29) is 0 Å². The molecule has 1 fully saturated rings. The first-order valence-corrected chi connectivity index (χ1v) is 8.54. The number of nitrogens with one attached hydrogen (secondary N) is 1. The summed E-state index contributed by atoms with van der Waals surface area (Å²) in [6, 6.07) is 2.02. The molecule has 1 aliphatic heterocycles. The molecule has 0 amide bonds. The second-order valence-electron chi connectivity index (χ2n) is 5.33. The Balaban J connectivity index is 1.95. The topological polar surface area (TPSA) is 55.6 Å². The van der Waals surface area contributed by atoms with Crippen molar-refractivity contribution in [2.75, 3.05) is 17.6 Å². The number of aryl methyl sites for hydroxylation is 1. The van der Waals surface area contributed by atoms with Crippen LogP contribution in [-0.4, -0.2) is 32.0 Å². The summed E-state index contributed by atoms with van der Waals surface area (Å²) >= 11 is 1.96. The van der Waals surface area contributed by atoms with Crippen LogP contribution in [0.5, 0.6) is 0 Å². The molecule has 1 saturated heterocycles. The van der Waals surface area contributed by atoms with Gasteiger partial charge in [-0.3, -0.25) is 4.68 Å². The molecule has 6 heteroatoms. The van der Waals surface area contributed by atoms with Crippen LogP contribution in [0.25, 0.3) is 11.3 Å². The fraction of sp³-hybridized carbons (Fsp3) is 0.533. The summed E-state index contributed by atoms with van der Waals surface area (Å²) < 4.78 is 1.81. The number of thioether (sulfide) groups is 1. The second kappa shape index (κ2) is 6.47. The summed E-state index contributed by atoms with van der Waals surface area (Å²) in [7, 11) is 1.93. The first-order chi connectivity index (χ1) is 10.3. The smallest absolute Gasteiger partial charge is 0.144 e. The zero-order valence-electron chi connectivity index (χ0n) is 12.5. The monoisotopic (exact) mass is 303 g/mol. The number of rotatable bonds is 5. The van der Waals surface area contributed by atoms with Crippen molar-refractivity contribution in [3.05, 3.63) is 24.3 Å². The van der Waals surface area contributed by atoms with E-state index in [9.17, 15) is 0 Å². The van der Waals surface area contributed by atoms with Crippen LogP contribution in [0.2, 0.25) is 0 Å². The lowest BCUT2D eigenvalue weighted by atomic mass is 10.2. The van der Waals surface area contributed by atoms with E-state index < -0.39 is 0 Å². The molecule has 112 valence electrons. The Morgan fingerprint density at radius 3 is 3.00 bits per heavy atom. The van der Waals surface area contributed by atoms with Gasteiger partial charge in [0, 0.05) is 31.4 Å². The summed E-state index contributed by atoms with van der Waals surface area (Å²) in [4.78, 5) is 9.50. The summed E-state index contributed by atoms with van der Waals surface area (Å²) in [5.41, 5.74) is 2.00. The van der Waals surface area contributed by atoms with Crippen LogP contribution < -0.4 is 5.32 Å². The van der Waals surface area contributed by atoms with Crippen LogP contribution in [0.3, 0.4) is 0 Å². The van der Waals surface area contributed by atoms with Crippen LogP contribution in [0.15, 0.2) is 18.5 Å². The maximum atomic E-state index is 4.78. The minimum absolute atomic E-state index is 0.434. The zero-order chi connectivity index (χ0) is 14.7. The van der Waals surface area contributed by atoms with Crippen LogP contribution in [-0.2, 0) is 7.05 Å². The van der Waals surface area contributed by atoms with Crippen molar-refractivity contribution < 1.29 is 0 Å². The maximum absolute atomic E-state index is 4.78. The number of hydrogen-bond donors (Lipinski definition) is 1. The third kappa shape index (κ3) is 3.37. The Morgan fingerprint density at radius 1 is 1.43 bits per heavy atom. The Morgan fingerprint density at radius 2 is 2.33 bits per heavy atom. The number of hydrogen-bond acceptors (Lipinski definition) is 5. The molecule has 3 rings (SSSR count). The lowest BCUT2D eigenvalue weighted by Crippen LogP contribution is -2.07. The molecular weight excluding hydrogens is 282 g/mol. The minimum Gasteiger partial charge on any atom is -0.370 e. The van der Waals surface area contributed by atoms with Crippen molar-refractivity contribution in [3.63, 3.8) is 0 Å². The highest BCUT2D eigenvalue weighted by Crippen LogP contribution is 2.39. The van der Waals surface area contributed by atoms with Crippen LogP contribution in [0.1, 0.15) is 37.3 Å². The molecule has 0 aromatic carbocycles. The average Bonchev–Trinajstić information content (AvgIpc) is 3.16. The molecule has 2 aromatic heterocycles. The van der Waals surface area contributed by atoms with Crippen molar-refractivity contribution in [2.24, 2.45) is 7.05 Å². The molecule has 1 N–H and O–H groups in total. The van der Waals surface area contributed by atoms with Gasteiger partial charge in [0.25, 0.3) is 0 Å². The summed E-state index contributed by atoms with van der Waals surface area (Å²) in [6.07, 6.45) is 7.37. The zero-order valence-corrected chi connectivity index (χ0v) is 13.4. The van der Waals surface area contributed by atoms with Crippen molar-refractivity contribution in [2.45, 2.75) is 31.4 Å². The predicted octanol–water partition coefficient (Wildman–Crippen LogP) is 3.27. The van der Waals surface area contributed by atoms with E-state index in [1.54, 1.807) is 4.68 Å². The van der Waals surface area contributed by atoms with E-state index in [1.807, 2.05) is 37.3 Å². The van der Waals surface area contributed by atoms with E-state index >= 15 is 0 Å². The van der Waals surface area contributed by atoms with Gasteiger partial charge in [0.1, 0.15) is 11.6 Å². The average molecular weight is 303 g/mol. The molecule has 0 spiro atoms. The lowest BCUT2D eigenvalue weighted by molar-refractivity contribution is 0.767. The van der Waals surface area contributed by atoms with Gasteiger partial charge in [-0.25, -0.2) is 9.97 Å². The summed E-state index contributed by atoms with van der Waals surface area (Å²) in [6.45, 7) is 3.09. The molecule has 1 aliphatic rings. The summed E-state index contributed by atoms with van der Waals surface area (Å²) in [5, 5.41) is 8.06. The molecule has 0 saturated carbocycles. The van der Waals surface area contributed by atoms with Crippen molar-refractivity contribution in [1.29, 1.82) is 0 Å². The number of anilines is 1. The second-order valence-corrected chi connectivity index (χ2v) is 6.64. The predicted molar refractivity (Wildman–Crippen MR) is 87.4 cm³/mol. The highest BCUT2D eigenvalue weighted by Gasteiger charge is 2.22. The fourth-order valence-electron chi connectivity index (χ4n) is 2.44. The molecule has 0 bridgehead atoms. The molecule has 5 nitrogen and oxygen atoms in total. The third-order valence-electron chi connectivity index (χ3n) is 3.52. The SMILES string of the molecule is CCCNc1cc(-c2cnn(C)c2)nc(C2CCCS2)n1. The van der Waals surface area contributed by atoms with Gasteiger partial charge in [-0.05, 0) is 25.0 Å². The molecular formula is C15H21N5S. The molecule has 3 heterocycles. The van der Waals surface area contributed by atoms with Crippen LogP contribution >= 0.6 is 11.8 Å². The van der Waals surface area contributed by atoms with E-state index in [0.717, 1.165) is 35.9 Å². The van der Waals surface area contributed by atoms with Gasteiger partial charge < -0.3 is 5.32 Å². The van der Waals surface area contributed by atoms with E-state index in [2.05, 4.69) is 17.3 Å². The Bertz CT molecular complexity index is 604. The minimum atomic E-state index is 0.434. The van der Waals surface area contributed by atoms with E-state index in [1.165, 1.54) is 18.6 Å². The van der Waals surface area contributed by atoms with Crippen molar-refractivity contribution in [3.8, 4) is 11.3 Å². The van der Waals surface area contributed by atoms with Gasteiger partial charge in [0.15, 0.2) is 0 Å². The normalized spacial score (nSPS) is 18.1. The fourth-order valence-corrected chi connectivity index (χ4v) is 3.64. The molecule has 21 heavy (non-hydrogen) atoms. The molecule has 0 aliphatic carbocycles. The van der Waals surface area contributed by atoms with Crippen molar-refractivity contribution in [1.82, 2.24) is 19.7 Å². The van der Waals surface area contributed by atoms with Gasteiger partial charge in [-0.2, -0.15) is 16.9 Å². The van der Waals surface area contributed by atoms with Gasteiger partial charge in [-0.15, -0.1) is 0 Å². The van der Waals surface area contributed by atoms with Gasteiger partial charge in [0.05, 0.1) is 17.1 Å². The quantitative estimate of drug-likeness (QED) is 0.918. The third-order valence-corrected chi connectivity index (χ3v) is 4.89. The lowest BCUT2D eigenvalue weighted by Gasteiger charge is -2.12. The van der Waals surface area contributed by atoms with Gasteiger partial charge in [0.2, 0.25) is 0 Å². The Hall–Kier alpha value is -1.56. The highest BCUT2D eigenvalue weighted by atomic mass is 32.2. The molecule has 0 radical (unpaired) electrons. The maximum Gasteiger partial charge on any atom is 0.144 e. The largest absolute Gasteiger partial charge is 0.370 e. The van der Waals surface area contributed by atoms with Gasteiger partial charge in [-0.1, -0.05) is 6.92 Å². The van der Waals surface area contributed by atoms with Crippen molar-refractivity contribution >= 4 is 17.6 Å². The number of aromatic nitrogens is 4. The molecule has 1 atom stereocenters. The molecule has 2 aromatic rings. The standard InChI is InChI=1S/C15H21N5S/c1-3-6-16-14-8-12(11-9-17-20(2)10-11)18-15(19-14)13-5-4-7-21-13/h8-10,13H,3-7H2,1-2H3,(H,16,18,19). The Labute approximate surface area is 129 Å². The number of nitrogens with zero attached hydrogens (tertiary/aromatic N) is 4. The Kier molecular flexibility index (Phi) is 4.43.